The number of amides is 1. The van der Waals surface area contributed by atoms with E-state index in [2.05, 4.69) is 5.32 Å². The molecule has 1 amide bonds. The second kappa shape index (κ2) is 7.22. The molecule has 0 fully saturated rings. The predicted octanol–water partition coefficient (Wildman–Crippen LogP) is 0.428. The molecule has 0 aliphatic carbocycles. The van der Waals surface area contributed by atoms with E-state index in [1.165, 1.54) is 0 Å². The van der Waals surface area contributed by atoms with Gasteiger partial charge in [-0.25, -0.2) is 4.79 Å². The summed E-state index contributed by atoms with van der Waals surface area (Å²) in [6.45, 7) is 7.58. The number of ether oxygens (including phenoxy) is 1. The molecule has 3 N–H and O–H groups in total. The topological polar surface area (TPSA) is 81.4 Å². The van der Waals surface area contributed by atoms with Gasteiger partial charge in [-0.3, -0.25) is 4.79 Å². The van der Waals surface area contributed by atoms with E-state index in [0.29, 0.717) is 18.9 Å². The SMILES string of the molecule is CCOC(=O)[C@H](C)NC(=O)[C@H](N)CC(C)C. The molecule has 5 heteroatoms. The van der Waals surface area contributed by atoms with Gasteiger partial charge >= 0.3 is 5.97 Å². The van der Waals surface area contributed by atoms with Crippen molar-refractivity contribution in [3.05, 3.63) is 0 Å². The van der Waals surface area contributed by atoms with Crippen molar-refractivity contribution < 1.29 is 14.3 Å². The lowest BCUT2D eigenvalue weighted by atomic mass is 10.0. The van der Waals surface area contributed by atoms with E-state index in [1.54, 1.807) is 13.8 Å². The van der Waals surface area contributed by atoms with Crippen molar-refractivity contribution >= 4 is 11.9 Å². The Bertz CT molecular complexity index is 241. The number of hydrogen-bond acceptors (Lipinski definition) is 4. The summed E-state index contributed by atoms with van der Waals surface area (Å²) in [5, 5.41) is 2.53. The molecule has 0 unspecified atom stereocenters. The third kappa shape index (κ3) is 5.70. The fourth-order valence-corrected chi connectivity index (χ4v) is 1.26. The third-order valence-electron chi connectivity index (χ3n) is 2.06. The van der Waals surface area contributed by atoms with Crippen molar-refractivity contribution in [1.82, 2.24) is 5.32 Å². The first kappa shape index (κ1) is 14.9. The maximum Gasteiger partial charge on any atom is 0.328 e. The predicted molar refractivity (Wildman–Crippen MR) is 61.7 cm³/mol. The van der Waals surface area contributed by atoms with Gasteiger partial charge in [0.25, 0.3) is 0 Å². The maximum absolute atomic E-state index is 11.6. The molecule has 2 atom stereocenters. The van der Waals surface area contributed by atoms with Crippen LogP contribution in [-0.2, 0) is 14.3 Å². The van der Waals surface area contributed by atoms with Crippen LogP contribution in [0.3, 0.4) is 0 Å². The fourth-order valence-electron chi connectivity index (χ4n) is 1.26. The standard InChI is InChI=1S/C11H22N2O3/c1-5-16-11(15)8(4)13-10(14)9(12)6-7(2)3/h7-9H,5-6,12H2,1-4H3,(H,13,14)/t8-,9+/m0/s1. The molecule has 0 aromatic heterocycles. The van der Waals surface area contributed by atoms with Crippen LogP contribution in [0.15, 0.2) is 0 Å². The molecule has 0 bridgehead atoms. The quantitative estimate of drug-likeness (QED) is 0.648. The zero-order valence-corrected chi connectivity index (χ0v) is 10.4. The smallest absolute Gasteiger partial charge is 0.328 e. The van der Waals surface area contributed by atoms with E-state index in [1.807, 2.05) is 13.8 Å². The van der Waals surface area contributed by atoms with Crippen LogP contribution in [0.4, 0.5) is 0 Å². The molecule has 5 nitrogen and oxygen atoms in total. The molecular weight excluding hydrogens is 208 g/mol. The van der Waals surface area contributed by atoms with Gasteiger partial charge in [0.1, 0.15) is 6.04 Å². The first-order chi connectivity index (χ1) is 7.38. The lowest BCUT2D eigenvalue weighted by Crippen LogP contribution is -2.48. The second-order valence-corrected chi connectivity index (χ2v) is 4.22. The Kier molecular flexibility index (Phi) is 6.72. The summed E-state index contributed by atoms with van der Waals surface area (Å²) < 4.78 is 4.77. The number of carbonyl (C=O) groups is 2. The van der Waals surface area contributed by atoms with Gasteiger partial charge in [-0.1, -0.05) is 13.8 Å². The van der Waals surface area contributed by atoms with Crippen molar-refractivity contribution in [3.8, 4) is 0 Å². The largest absolute Gasteiger partial charge is 0.464 e. The minimum absolute atomic E-state index is 0.303. The second-order valence-electron chi connectivity index (χ2n) is 4.22. The van der Waals surface area contributed by atoms with Crippen LogP contribution in [-0.4, -0.2) is 30.6 Å². The molecule has 16 heavy (non-hydrogen) atoms. The monoisotopic (exact) mass is 230 g/mol. The Balaban J connectivity index is 4.08. The van der Waals surface area contributed by atoms with Gasteiger partial charge in [0, 0.05) is 0 Å². The molecule has 0 aliphatic heterocycles. The number of rotatable bonds is 6. The van der Waals surface area contributed by atoms with Gasteiger partial charge in [0.15, 0.2) is 0 Å². The van der Waals surface area contributed by atoms with Crippen LogP contribution in [0.5, 0.6) is 0 Å². The lowest BCUT2D eigenvalue weighted by Gasteiger charge is -2.17. The highest BCUT2D eigenvalue weighted by Crippen LogP contribution is 2.03. The molecule has 0 saturated heterocycles. The maximum atomic E-state index is 11.6. The number of nitrogens with two attached hydrogens (primary N) is 1. The summed E-state index contributed by atoms with van der Waals surface area (Å²) in [6.07, 6.45) is 0.599. The highest BCUT2D eigenvalue weighted by atomic mass is 16.5. The Labute approximate surface area is 96.7 Å². The number of esters is 1. The first-order valence-electron chi connectivity index (χ1n) is 5.61. The van der Waals surface area contributed by atoms with Crippen LogP contribution >= 0.6 is 0 Å². The van der Waals surface area contributed by atoms with Gasteiger partial charge < -0.3 is 15.8 Å². The van der Waals surface area contributed by atoms with Crippen LogP contribution in [0.25, 0.3) is 0 Å². The van der Waals surface area contributed by atoms with Gasteiger partial charge in [-0.15, -0.1) is 0 Å². The van der Waals surface area contributed by atoms with Crippen LogP contribution in [0.2, 0.25) is 0 Å². The molecule has 0 saturated carbocycles. The van der Waals surface area contributed by atoms with Crippen molar-refractivity contribution in [1.29, 1.82) is 0 Å². The van der Waals surface area contributed by atoms with Crippen molar-refractivity contribution in [3.63, 3.8) is 0 Å². The number of nitrogens with one attached hydrogen (secondary N) is 1. The zero-order chi connectivity index (χ0) is 12.7. The summed E-state index contributed by atoms with van der Waals surface area (Å²) in [4.78, 5) is 22.8. The van der Waals surface area contributed by atoms with Gasteiger partial charge in [-0.05, 0) is 26.2 Å². The summed E-state index contributed by atoms with van der Waals surface area (Å²) in [5.74, 6) is -0.402. The Morgan fingerprint density at radius 2 is 1.88 bits per heavy atom. The summed E-state index contributed by atoms with van der Waals surface area (Å²) in [7, 11) is 0. The average Bonchev–Trinajstić information content (AvgIpc) is 2.16. The molecule has 0 aromatic carbocycles. The Hall–Kier alpha value is -1.10. The van der Waals surface area contributed by atoms with Crippen LogP contribution < -0.4 is 11.1 Å². The normalized spacial score (nSPS) is 14.4. The molecular formula is C11H22N2O3. The summed E-state index contributed by atoms with van der Waals surface area (Å²) in [6, 6.07) is -1.22. The highest BCUT2D eigenvalue weighted by Gasteiger charge is 2.21. The molecule has 0 heterocycles. The molecule has 94 valence electrons. The molecule has 0 aromatic rings. The van der Waals surface area contributed by atoms with E-state index in [4.69, 9.17) is 10.5 Å². The third-order valence-corrected chi connectivity index (χ3v) is 2.06. The zero-order valence-electron chi connectivity index (χ0n) is 10.4. The Morgan fingerprint density at radius 3 is 2.31 bits per heavy atom. The van der Waals surface area contributed by atoms with Crippen LogP contribution in [0, 0.1) is 5.92 Å². The first-order valence-corrected chi connectivity index (χ1v) is 5.61. The number of hydrogen-bond donors (Lipinski definition) is 2. The minimum atomic E-state index is -0.648. The van der Waals surface area contributed by atoms with E-state index in [0.717, 1.165) is 0 Å². The van der Waals surface area contributed by atoms with E-state index >= 15 is 0 Å². The van der Waals surface area contributed by atoms with Crippen molar-refractivity contribution in [2.24, 2.45) is 11.7 Å². The van der Waals surface area contributed by atoms with Crippen molar-refractivity contribution in [2.45, 2.75) is 46.2 Å². The number of carbonyl (C=O) groups excluding carboxylic acids is 2. The van der Waals surface area contributed by atoms with Crippen molar-refractivity contribution in [2.75, 3.05) is 6.61 Å². The van der Waals surface area contributed by atoms with E-state index in [9.17, 15) is 9.59 Å². The minimum Gasteiger partial charge on any atom is -0.464 e. The summed E-state index contributed by atoms with van der Waals surface area (Å²) >= 11 is 0. The fraction of sp³-hybridized carbons (Fsp3) is 0.818. The molecule has 0 rings (SSSR count). The van der Waals surface area contributed by atoms with Gasteiger partial charge in [0.05, 0.1) is 12.6 Å². The highest BCUT2D eigenvalue weighted by molar-refractivity contribution is 5.87. The summed E-state index contributed by atoms with van der Waals surface area (Å²) in [5.41, 5.74) is 5.68. The van der Waals surface area contributed by atoms with Crippen LogP contribution in [0.1, 0.15) is 34.1 Å². The average molecular weight is 230 g/mol. The lowest BCUT2D eigenvalue weighted by molar-refractivity contribution is -0.147. The molecule has 0 spiro atoms. The van der Waals surface area contributed by atoms with Gasteiger partial charge in [0.2, 0.25) is 5.91 Å². The molecule has 0 radical (unpaired) electrons. The van der Waals surface area contributed by atoms with E-state index < -0.39 is 18.1 Å². The van der Waals surface area contributed by atoms with Gasteiger partial charge in [-0.2, -0.15) is 0 Å². The molecule has 0 aliphatic rings. The van der Waals surface area contributed by atoms with E-state index in [-0.39, 0.29) is 5.91 Å². The Morgan fingerprint density at radius 1 is 1.31 bits per heavy atom.